The quantitative estimate of drug-likeness (QED) is 0.719. The molecule has 2 atom stereocenters. The number of halogens is 3. The Bertz CT molecular complexity index is 348. The highest BCUT2D eigenvalue weighted by atomic mass is 19.4. The average Bonchev–Trinajstić information content (AvgIpc) is 2.47. The number of aldehydes is 1. The number of carbonyl (C=O) groups excluding carboxylic acids is 1. The average molecular weight is 237 g/mol. The van der Waals surface area contributed by atoms with Gasteiger partial charge < -0.3 is 15.6 Å². The number of hydrogen-bond acceptors (Lipinski definition) is 3. The van der Waals surface area contributed by atoms with Gasteiger partial charge in [-0.05, 0) is 12.0 Å². The third-order valence-corrected chi connectivity index (χ3v) is 2.56. The van der Waals surface area contributed by atoms with Crippen LogP contribution in [0.25, 0.3) is 0 Å². The Morgan fingerprint density at radius 2 is 2.06 bits per heavy atom. The van der Waals surface area contributed by atoms with E-state index in [0.29, 0.717) is 0 Å². The van der Waals surface area contributed by atoms with Crippen molar-refractivity contribution in [2.24, 2.45) is 17.6 Å². The van der Waals surface area contributed by atoms with E-state index in [1.54, 1.807) is 0 Å². The molecular weight excluding hydrogens is 227 g/mol. The highest BCUT2D eigenvalue weighted by Gasteiger charge is 2.45. The van der Waals surface area contributed by atoms with E-state index < -0.39 is 24.0 Å². The van der Waals surface area contributed by atoms with Crippen LogP contribution in [0.15, 0.2) is 11.3 Å². The van der Waals surface area contributed by atoms with Crippen molar-refractivity contribution in [3.8, 4) is 0 Å². The van der Waals surface area contributed by atoms with Crippen molar-refractivity contribution >= 4 is 12.3 Å². The van der Waals surface area contributed by atoms with Crippen LogP contribution in [0.3, 0.4) is 0 Å². The molecule has 0 fully saturated rings. The zero-order chi connectivity index (χ0) is 12.5. The molecule has 4 nitrogen and oxygen atoms in total. The number of aliphatic carboxylic acids is 1. The summed E-state index contributed by atoms with van der Waals surface area (Å²) >= 11 is 0. The number of carboxylic acids is 1. The van der Waals surface area contributed by atoms with Crippen LogP contribution in [-0.4, -0.2) is 23.5 Å². The van der Waals surface area contributed by atoms with Crippen molar-refractivity contribution in [2.45, 2.75) is 19.0 Å². The maximum Gasteiger partial charge on any atom is 0.402 e. The molecule has 90 valence electrons. The largest absolute Gasteiger partial charge is 0.481 e. The van der Waals surface area contributed by atoms with E-state index in [9.17, 15) is 22.8 Å². The molecule has 0 saturated carbocycles. The van der Waals surface area contributed by atoms with Crippen LogP contribution in [0, 0.1) is 11.8 Å². The van der Waals surface area contributed by atoms with Gasteiger partial charge in [-0.15, -0.1) is 0 Å². The van der Waals surface area contributed by atoms with Crippen LogP contribution in [0.4, 0.5) is 13.2 Å². The van der Waals surface area contributed by atoms with Crippen molar-refractivity contribution < 1.29 is 27.9 Å². The SMILES string of the molecule is NC1=C([C@@H](C=O)C(F)(F)F)C[C@H](C(=O)O)C1. The second-order valence-electron chi connectivity index (χ2n) is 3.65. The fourth-order valence-electron chi connectivity index (χ4n) is 1.72. The van der Waals surface area contributed by atoms with Crippen molar-refractivity contribution in [1.82, 2.24) is 0 Å². The molecule has 0 saturated heterocycles. The van der Waals surface area contributed by atoms with Gasteiger partial charge in [-0.1, -0.05) is 0 Å². The number of carbonyl (C=O) groups is 2. The van der Waals surface area contributed by atoms with E-state index in [-0.39, 0.29) is 30.4 Å². The van der Waals surface area contributed by atoms with Crippen molar-refractivity contribution in [2.75, 3.05) is 0 Å². The Labute approximate surface area is 88.9 Å². The first kappa shape index (κ1) is 12.5. The molecular formula is C9H10F3NO3. The predicted octanol–water partition coefficient (Wildman–Crippen LogP) is 1.07. The molecule has 16 heavy (non-hydrogen) atoms. The monoisotopic (exact) mass is 237 g/mol. The van der Waals surface area contributed by atoms with Crippen LogP contribution in [0.1, 0.15) is 12.8 Å². The van der Waals surface area contributed by atoms with E-state index in [1.165, 1.54) is 0 Å². The molecule has 1 rings (SSSR count). The topological polar surface area (TPSA) is 80.4 Å². The Kier molecular flexibility index (Phi) is 3.25. The van der Waals surface area contributed by atoms with Gasteiger partial charge in [0, 0.05) is 12.1 Å². The van der Waals surface area contributed by atoms with Crippen LogP contribution in [-0.2, 0) is 9.59 Å². The van der Waals surface area contributed by atoms with Crippen molar-refractivity contribution in [3.05, 3.63) is 11.3 Å². The lowest BCUT2D eigenvalue weighted by Gasteiger charge is -2.16. The summed E-state index contributed by atoms with van der Waals surface area (Å²) in [6.45, 7) is 0. The molecule has 0 heterocycles. The minimum absolute atomic E-state index is 0.134. The third kappa shape index (κ3) is 2.34. The highest BCUT2D eigenvalue weighted by Crippen LogP contribution is 2.39. The number of hydrogen-bond donors (Lipinski definition) is 2. The summed E-state index contributed by atoms with van der Waals surface area (Å²) in [5.74, 6) is -4.44. The molecule has 0 bridgehead atoms. The molecule has 0 amide bonds. The Balaban J connectivity index is 2.92. The van der Waals surface area contributed by atoms with Gasteiger partial charge in [0.2, 0.25) is 0 Å². The van der Waals surface area contributed by atoms with Crippen LogP contribution in [0.5, 0.6) is 0 Å². The van der Waals surface area contributed by atoms with Gasteiger partial charge in [0.1, 0.15) is 12.2 Å². The van der Waals surface area contributed by atoms with Gasteiger partial charge >= 0.3 is 12.1 Å². The summed E-state index contributed by atoms with van der Waals surface area (Å²) in [6, 6.07) is 0. The molecule has 3 N–H and O–H groups in total. The van der Waals surface area contributed by atoms with Crippen LogP contribution >= 0.6 is 0 Å². The van der Waals surface area contributed by atoms with E-state index >= 15 is 0 Å². The number of nitrogens with two attached hydrogens (primary N) is 1. The summed E-state index contributed by atoms with van der Waals surface area (Å²) in [5.41, 5.74) is 4.89. The molecule has 0 spiro atoms. The molecule has 7 heteroatoms. The van der Waals surface area contributed by atoms with Gasteiger partial charge in [0.15, 0.2) is 0 Å². The van der Waals surface area contributed by atoms with Gasteiger partial charge in [-0.2, -0.15) is 13.2 Å². The summed E-state index contributed by atoms with van der Waals surface area (Å²) in [5, 5.41) is 8.65. The molecule has 0 aromatic carbocycles. The maximum atomic E-state index is 12.4. The first-order valence-corrected chi connectivity index (χ1v) is 4.49. The minimum Gasteiger partial charge on any atom is -0.481 e. The summed E-state index contributed by atoms with van der Waals surface area (Å²) in [7, 11) is 0. The Morgan fingerprint density at radius 1 is 1.50 bits per heavy atom. The molecule has 0 radical (unpaired) electrons. The van der Waals surface area contributed by atoms with E-state index in [4.69, 9.17) is 10.8 Å². The number of rotatable bonds is 3. The fourth-order valence-corrected chi connectivity index (χ4v) is 1.72. The zero-order valence-corrected chi connectivity index (χ0v) is 8.12. The first-order chi connectivity index (χ1) is 7.27. The normalized spacial score (nSPS) is 23.3. The second kappa shape index (κ2) is 4.15. The lowest BCUT2D eigenvalue weighted by atomic mass is 9.96. The van der Waals surface area contributed by atoms with Crippen molar-refractivity contribution in [3.63, 3.8) is 0 Å². The van der Waals surface area contributed by atoms with Gasteiger partial charge in [-0.3, -0.25) is 4.79 Å². The number of allylic oxidation sites excluding steroid dienone is 2. The Hall–Kier alpha value is -1.53. The fraction of sp³-hybridized carbons (Fsp3) is 0.556. The molecule has 1 aliphatic carbocycles. The van der Waals surface area contributed by atoms with Gasteiger partial charge in [0.05, 0.1) is 5.92 Å². The summed E-state index contributed by atoms with van der Waals surface area (Å²) in [4.78, 5) is 21.0. The van der Waals surface area contributed by atoms with E-state index in [1.807, 2.05) is 0 Å². The highest BCUT2D eigenvalue weighted by molar-refractivity contribution is 5.73. The van der Waals surface area contributed by atoms with Gasteiger partial charge in [0.25, 0.3) is 0 Å². The minimum atomic E-state index is -4.71. The summed E-state index contributed by atoms with van der Waals surface area (Å²) in [6.07, 6.45) is -5.41. The molecule has 1 aliphatic rings. The molecule has 0 aromatic rings. The third-order valence-electron chi connectivity index (χ3n) is 2.56. The standard InChI is InChI=1S/C9H10F3NO3/c10-9(11,12)6(3-14)5-1-4(8(15)16)2-7(5)13/h3-4,6H,1-2,13H2,(H,15,16)/t4-,6+/m0/s1. The van der Waals surface area contributed by atoms with E-state index in [2.05, 4.69) is 0 Å². The molecule has 0 unspecified atom stereocenters. The van der Waals surface area contributed by atoms with Crippen LogP contribution in [0.2, 0.25) is 0 Å². The first-order valence-electron chi connectivity index (χ1n) is 4.49. The second-order valence-corrected chi connectivity index (χ2v) is 3.65. The molecule has 0 aliphatic heterocycles. The smallest absolute Gasteiger partial charge is 0.402 e. The summed E-state index contributed by atoms with van der Waals surface area (Å²) < 4.78 is 37.2. The van der Waals surface area contributed by atoms with Crippen LogP contribution < -0.4 is 5.73 Å². The predicted molar refractivity (Wildman–Crippen MR) is 47.2 cm³/mol. The zero-order valence-electron chi connectivity index (χ0n) is 8.12. The van der Waals surface area contributed by atoms with Gasteiger partial charge in [-0.25, -0.2) is 0 Å². The number of carboxylic acid groups (broad SMARTS) is 1. The lowest BCUT2D eigenvalue weighted by molar-refractivity contribution is -0.167. The lowest BCUT2D eigenvalue weighted by Crippen LogP contribution is -2.27. The Morgan fingerprint density at radius 3 is 2.38 bits per heavy atom. The van der Waals surface area contributed by atoms with Crippen molar-refractivity contribution in [1.29, 1.82) is 0 Å². The molecule has 0 aromatic heterocycles. The maximum absolute atomic E-state index is 12.4. The van der Waals surface area contributed by atoms with E-state index in [0.717, 1.165) is 0 Å². The number of alkyl halides is 3.